The lowest BCUT2D eigenvalue weighted by Crippen LogP contribution is -2.21. The first kappa shape index (κ1) is 12.5. The number of carbonyl (C=O) groups is 2. The van der Waals surface area contributed by atoms with Crippen LogP contribution in [-0.4, -0.2) is 18.5 Å². The number of anilines is 1. The molecule has 2 atom stereocenters. The van der Waals surface area contributed by atoms with Crippen LogP contribution in [-0.2, 0) is 14.3 Å². The maximum absolute atomic E-state index is 12.9. The van der Waals surface area contributed by atoms with Crippen molar-refractivity contribution in [2.75, 3.05) is 11.9 Å². The Balaban J connectivity index is 1.77. The summed E-state index contributed by atoms with van der Waals surface area (Å²) in [7, 11) is 0. The molecule has 5 heteroatoms. The molecule has 0 bridgehead atoms. The molecule has 1 aliphatic rings. The molecule has 18 heavy (non-hydrogen) atoms. The Labute approximate surface area is 104 Å². The van der Waals surface area contributed by atoms with Gasteiger partial charge >= 0.3 is 5.97 Å². The van der Waals surface area contributed by atoms with Gasteiger partial charge in [0.05, 0.1) is 5.92 Å². The minimum atomic E-state index is -0.470. The summed E-state index contributed by atoms with van der Waals surface area (Å²) in [6.45, 7) is 1.62. The van der Waals surface area contributed by atoms with E-state index in [2.05, 4.69) is 5.32 Å². The Morgan fingerprint density at radius 2 is 2.22 bits per heavy atom. The zero-order valence-electron chi connectivity index (χ0n) is 9.98. The Bertz CT molecular complexity index is 475. The van der Waals surface area contributed by atoms with Gasteiger partial charge in [-0.3, -0.25) is 9.59 Å². The minimum absolute atomic E-state index is 0.0630. The molecule has 1 saturated carbocycles. The van der Waals surface area contributed by atoms with E-state index in [9.17, 15) is 14.0 Å². The molecule has 0 radical (unpaired) electrons. The normalized spacial score (nSPS) is 21.2. The van der Waals surface area contributed by atoms with Crippen LogP contribution in [0.25, 0.3) is 0 Å². The van der Waals surface area contributed by atoms with Gasteiger partial charge in [-0.05, 0) is 30.5 Å². The van der Waals surface area contributed by atoms with Crippen molar-refractivity contribution in [1.29, 1.82) is 0 Å². The third-order valence-corrected chi connectivity index (χ3v) is 2.87. The van der Waals surface area contributed by atoms with E-state index in [1.165, 1.54) is 18.2 Å². The number of rotatable bonds is 4. The van der Waals surface area contributed by atoms with Crippen LogP contribution >= 0.6 is 0 Å². The lowest BCUT2D eigenvalue weighted by atomic mass is 10.3. The van der Waals surface area contributed by atoms with Crippen LogP contribution in [0.1, 0.15) is 13.3 Å². The van der Waals surface area contributed by atoms with Crippen LogP contribution in [0.3, 0.4) is 0 Å². The molecule has 96 valence electrons. The minimum Gasteiger partial charge on any atom is -0.455 e. The van der Waals surface area contributed by atoms with Crippen molar-refractivity contribution in [2.45, 2.75) is 13.3 Å². The molecule has 0 aliphatic heterocycles. The van der Waals surface area contributed by atoms with E-state index >= 15 is 0 Å². The Morgan fingerprint density at radius 1 is 1.50 bits per heavy atom. The number of nitrogens with one attached hydrogen (secondary N) is 1. The topological polar surface area (TPSA) is 55.4 Å². The standard InChI is InChI=1S/C13H14FNO3/c1-8-5-11(8)13(17)18-7-12(16)15-10-4-2-3-9(14)6-10/h2-4,6,8,11H,5,7H2,1H3,(H,15,16)/t8-,11-/m0/s1. The lowest BCUT2D eigenvalue weighted by molar-refractivity contribution is -0.148. The van der Waals surface area contributed by atoms with Gasteiger partial charge in [-0.15, -0.1) is 0 Å². The van der Waals surface area contributed by atoms with Gasteiger partial charge < -0.3 is 10.1 Å². The molecule has 0 spiro atoms. The highest BCUT2D eigenvalue weighted by Gasteiger charge is 2.40. The molecule has 1 fully saturated rings. The van der Waals surface area contributed by atoms with Crippen molar-refractivity contribution in [3.8, 4) is 0 Å². The van der Waals surface area contributed by atoms with Crippen molar-refractivity contribution in [3.05, 3.63) is 30.1 Å². The Kier molecular flexibility index (Phi) is 3.60. The maximum Gasteiger partial charge on any atom is 0.309 e. The SMILES string of the molecule is C[C@H]1C[C@@H]1C(=O)OCC(=O)Nc1cccc(F)c1. The van der Waals surface area contributed by atoms with Crippen LogP contribution < -0.4 is 5.32 Å². The van der Waals surface area contributed by atoms with E-state index in [0.29, 0.717) is 11.6 Å². The molecule has 0 saturated heterocycles. The summed E-state index contributed by atoms with van der Waals surface area (Å²) in [6.07, 6.45) is 0.824. The number of esters is 1. The van der Waals surface area contributed by atoms with E-state index in [0.717, 1.165) is 6.42 Å². The van der Waals surface area contributed by atoms with Gasteiger partial charge in [0.15, 0.2) is 6.61 Å². The highest BCUT2D eigenvalue weighted by molar-refractivity contribution is 5.93. The molecule has 1 amide bonds. The summed E-state index contributed by atoms with van der Waals surface area (Å²) >= 11 is 0. The highest BCUT2D eigenvalue weighted by Crippen LogP contribution is 2.38. The van der Waals surface area contributed by atoms with E-state index in [1.54, 1.807) is 6.07 Å². The van der Waals surface area contributed by atoms with E-state index in [1.807, 2.05) is 6.92 Å². The first-order valence-corrected chi connectivity index (χ1v) is 5.78. The quantitative estimate of drug-likeness (QED) is 0.832. The van der Waals surface area contributed by atoms with Gasteiger partial charge in [0.25, 0.3) is 5.91 Å². The van der Waals surface area contributed by atoms with Crippen molar-refractivity contribution in [2.24, 2.45) is 11.8 Å². The fourth-order valence-corrected chi connectivity index (χ4v) is 1.66. The summed E-state index contributed by atoms with van der Waals surface area (Å²) in [5, 5.41) is 2.45. The summed E-state index contributed by atoms with van der Waals surface area (Å²) in [4.78, 5) is 22.8. The zero-order valence-corrected chi connectivity index (χ0v) is 9.98. The number of benzene rings is 1. The fraction of sp³-hybridized carbons (Fsp3) is 0.385. The maximum atomic E-state index is 12.9. The Hall–Kier alpha value is -1.91. The zero-order chi connectivity index (χ0) is 13.1. The van der Waals surface area contributed by atoms with E-state index in [-0.39, 0.29) is 18.5 Å². The molecular weight excluding hydrogens is 237 g/mol. The summed E-state index contributed by atoms with van der Waals surface area (Å²) in [5.74, 6) is -0.952. The van der Waals surface area contributed by atoms with E-state index < -0.39 is 11.7 Å². The van der Waals surface area contributed by atoms with Crippen molar-refractivity contribution < 1.29 is 18.7 Å². The predicted octanol–water partition coefficient (Wildman–Crippen LogP) is 1.96. The van der Waals surface area contributed by atoms with Crippen molar-refractivity contribution in [3.63, 3.8) is 0 Å². The number of carbonyl (C=O) groups excluding carboxylic acids is 2. The number of hydrogen-bond acceptors (Lipinski definition) is 3. The van der Waals surface area contributed by atoms with Crippen LogP contribution in [0, 0.1) is 17.7 Å². The molecule has 2 rings (SSSR count). The third-order valence-electron chi connectivity index (χ3n) is 2.87. The molecule has 1 aromatic rings. The lowest BCUT2D eigenvalue weighted by Gasteiger charge is -2.06. The molecular formula is C13H14FNO3. The van der Waals surface area contributed by atoms with Gasteiger partial charge in [-0.25, -0.2) is 4.39 Å². The van der Waals surface area contributed by atoms with E-state index in [4.69, 9.17) is 4.74 Å². The second kappa shape index (κ2) is 5.16. The molecule has 4 nitrogen and oxygen atoms in total. The average molecular weight is 251 g/mol. The van der Waals surface area contributed by atoms with Gasteiger partial charge in [0.1, 0.15) is 5.82 Å². The van der Waals surface area contributed by atoms with Crippen molar-refractivity contribution in [1.82, 2.24) is 0 Å². The molecule has 1 N–H and O–H groups in total. The van der Waals surface area contributed by atoms with Crippen LogP contribution in [0.5, 0.6) is 0 Å². The second-order valence-electron chi connectivity index (χ2n) is 4.49. The Morgan fingerprint density at radius 3 is 2.83 bits per heavy atom. The molecule has 1 aromatic carbocycles. The van der Waals surface area contributed by atoms with Crippen LogP contribution in [0.4, 0.5) is 10.1 Å². The number of halogens is 1. The molecule has 0 unspecified atom stereocenters. The monoisotopic (exact) mass is 251 g/mol. The first-order chi connectivity index (χ1) is 8.56. The van der Waals surface area contributed by atoms with Gasteiger partial charge in [-0.2, -0.15) is 0 Å². The number of hydrogen-bond donors (Lipinski definition) is 1. The predicted molar refractivity (Wildman–Crippen MR) is 63.3 cm³/mol. The van der Waals surface area contributed by atoms with Crippen LogP contribution in [0.2, 0.25) is 0 Å². The average Bonchev–Trinajstić information content (AvgIpc) is 3.03. The summed E-state index contributed by atoms with van der Waals surface area (Å²) in [6, 6.07) is 5.53. The molecule has 0 aromatic heterocycles. The second-order valence-corrected chi connectivity index (χ2v) is 4.49. The van der Waals surface area contributed by atoms with Crippen LogP contribution in [0.15, 0.2) is 24.3 Å². The number of amides is 1. The molecule has 0 heterocycles. The highest BCUT2D eigenvalue weighted by atomic mass is 19.1. The van der Waals surface area contributed by atoms with Gasteiger partial charge in [0.2, 0.25) is 0 Å². The fourth-order valence-electron chi connectivity index (χ4n) is 1.66. The largest absolute Gasteiger partial charge is 0.455 e. The third kappa shape index (κ3) is 3.29. The van der Waals surface area contributed by atoms with Gasteiger partial charge in [0, 0.05) is 5.69 Å². The summed E-state index contributed by atoms with van der Waals surface area (Å²) < 4.78 is 17.7. The molecule has 1 aliphatic carbocycles. The van der Waals surface area contributed by atoms with Gasteiger partial charge in [-0.1, -0.05) is 13.0 Å². The smallest absolute Gasteiger partial charge is 0.309 e. The summed E-state index contributed by atoms with van der Waals surface area (Å²) in [5.41, 5.74) is 0.343. The van der Waals surface area contributed by atoms with Crippen molar-refractivity contribution >= 4 is 17.6 Å². The first-order valence-electron chi connectivity index (χ1n) is 5.78. The number of ether oxygens (including phenoxy) is 1.